The second-order valence-corrected chi connectivity index (χ2v) is 9.01. The molecule has 2 fully saturated rings. The topological polar surface area (TPSA) is 33.7 Å². The number of nitrogens with one attached hydrogen (secondary N) is 1. The molecule has 1 N–H and O–H groups in total. The molecule has 4 nitrogen and oxygen atoms in total. The summed E-state index contributed by atoms with van der Waals surface area (Å²) in [6, 6.07) is 31.6. The minimum atomic E-state index is -0.541. The van der Waals surface area contributed by atoms with Gasteiger partial charge in [-0.15, -0.1) is 17.2 Å². The van der Waals surface area contributed by atoms with Gasteiger partial charge in [0.05, 0.1) is 6.54 Å². The van der Waals surface area contributed by atoms with Crippen LogP contribution in [0.5, 0.6) is 0 Å². The molecule has 0 bridgehead atoms. The highest BCUT2D eigenvalue weighted by atomic mass is 32.2. The van der Waals surface area contributed by atoms with E-state index < -0.39 is 5.72 Å². The predicted octanol–water partition coefficient (Wildman–Crippen LogP) is 5.58. The van der Waals surface area contributed by atoms with Gasteiger partial charge in [0.15, 0.2) is 5.72 Å². The van der Waals surface area contributed by atoms with Crippen LogP contribution in [0.3, 0.4) is 0 Å². The van der Waals surface area contributed by atoms with Crippen LogP contribution < -0.4 is 5.48 Å². The summed E-state index contributed by atoms with van der Waals surface area (Å²) in [5.41, 5.74) is 6.49. The highest BCUT2D eigenvalue weighted by Crippen LogP contribution is 2.54. The Labute approximate surface area is 175 Å². The maximum absolute atomic E-state index is 6.38. The summed E-state index contributed by atoms with van der Waals surface area (Å²) in [5, 5.41) is 2.22. The number of hydroxylamine groups is 3. The Balaban J connectivity index is 1.39. The van der Waals surface area contributed by atoms with Crippen LogP contribution in [0.25, 0.3) is 0 Å². The molecule has 5 rings (SSSR count). The van der Waals surface area contributed by atoms with Gasteiger partial charge in [-0.2, -0.15) is 4.94 Å². The van der Waals surface area contributed by atoms with Crippen LogP contribution >= 0.6 is 11.8 Å². The molecule has 5 heteroatoms. The average molecular weight is 405 g/mol. The van der Waals surface area contributed by atoms with Gasteiger partial charge in [0.25, 0.3) is 0 Å². The summed E-state index contributed by atoms with van der Waals surface area (Å²) in [4.78, 5) is 12.2. The van der Waals surface area contributed by atoms with Crippen LogP contribution in [-0.4, -0.2) is 11.0 Å². The van der Waals surface area contributed by atoms with E-state index in [0.717, 1.165) is 18.4 Å². The summed E-state index contributed by atoms with van der Waals surface area (Å²) in [7, 11) is 0. The third-order valence-electron chi connectivity index (χ3n) is 5.47. The average Bonchev–Trinajstić information content (AvgIpc) is 3.16. The van der Waals surface area contributed by atoms with Crippen LogP contribution in [0, 0.1) is 0 Å². The van der Waals surface area contributed by atoms with Crippen molar-refractivity contribution in [2.75, 3.05) is 0 Å². The van der Waals surface area contributed by atoms with Crippen molar-refractivity contribution in [1.82, 2.24) is 10.7 Å². The SMILES string of the molecule is c1ccc(CN2ONC3(CC(c4ccccc4)SC(c4ccccc4)C3)O2)cc1. The highest BCUT2D eigenvalue weighted by Gasteiger charge is 2.49. The molecule has 2 atom stereocenters. The summed E-state index contributed by atoms with van der Waals surface area (Å²) in [5.74, 6) is 0. The summed E-state index contributed by atoms with van der Waals surface area (Å²) in [6.45, 7) is 0.578. The first-order valence-electron chi connectivity index (χ1n) is 10.00. The Kier molecular flexibility index (Phi) is 5.40. The fourth-order valence-electron chi connectivity index (χ4n) is 4.03. The Morgan fingerprint density at radius 2 is 1.31 bits per heavy atom. The molecule has 2 unspecified atom stereocenters. The number of hydrogen-bond acceptors (Lipinski definition) is 5. The van der Waals surface area contributed by atoms with Gasteiger partial charge in [0.1, 0.15) is 0 Å². The first-order valence-corrected chi connectivity index (χ1v) is 10.9. The zero-order valence-corrected chi connectivity index (χ0v) is 16.9. The van der Waals surface area contributed by atoms with Crippen molar-refractivity contribution in [3.8, 4) is 0 Å². The van der Waals surface area contributed by atoms with E-state index in [1.807, 2.05) is 30.0 Å². The molecule has 3 aromatic rings. The third-order valence-corrected chi connectivity index (χ3v) is 7.00. The Bertz CT molecular complexity index is 876. The Morgan fingerprint density at radius 3 is 1.86 bits per heavy atom. The van der Waals surface area contributed by atoms with Crippen LogP contribution in [0.2, 0.25) is 0 Å². The van der Waals surface area contributed by atoms with Gasteiger partial charge in [-0.3, -0.25) is 0 Å². The van der Waals surface area contributed by atoms with E-state index in [1.165, 1.54) is 11.1 Å². The molecule has 0 saturated carbocycles. The third kappa shape index (κ3) is 4.25. The van der Waals surface area contributed by atoms with Crippen molar-refractivity contribution in [1.29, 1.82) is 0 Å². The second kappa shape index (κ2) is 8.30. The van der Waals surface area contributed by atoms with Crippen molar-refractivity contribution < 1.29 is 9.78 Å². The predicted molar refractivity (Wildman–Crippen MR) is 115 cm³/mol. The second-order valence-electron chi connectivity index (χ2n) is 7.60. The van der Waals surface area contributed by atoms with Crippen LogP contribution in [0.15, 0.2) is 91.0 Å². The first kappa shape index (κ1) is 18.9. The standard InChI is InChI=1S/C24H24N2O2S/c1-4-10-19(11-5-1)18-26-27-24(25-28-26)16-22(20-12-6-2-7-13-20)29-23(17-24)21-14-8-3-9-15-21/h1-15,22-23,25H,16-18H2. The zero-order chi connectivity index (χ0) is 19.5. The fourth-order valence-corrected chi connectivity index (χ4v) is 5.78. The van der Waals surface area contributed by atoms with Crippen molar-refractivity contribution in [2.45, 2.75) is 35.6 Å². The molecule has 0 aromatic heterocycles. The number of hydrogen-bond donors (Lipinski definition) is 1. The van der Waals surface area contributed by atoms with E-state index in [2.05, 4.69) is 78.3 Å². The van der Waals surface area contributed by atoms with Gasteiger partial charge < -0.3 is 0 Å². The van der Waals surface area contributed by atoms with Gasteiger partial charge in [-0.1, -0.05) is 91.0 Å². The maximum atomic E-state index is 6.38. The number of thioether (sulfide) groups is 1. The molecular weight excluding hydrogens is 380 g/mol. The molecule has 3 aromatic carbocycles. The van der Waals surface area contributed by atoms with E-state index in [9.17, 15) is 0 Å². The minimum absolute atomic E-state index is 0.322. The van der Waals surface area contributed by atoms with Gasteiger partial charge in [0.2, 0.25) is 0 Å². The smallest absolute Gasteiger partial charge is 0.169 e. The monoisotopic (exact) mass is 404 g/mol. The van der Waals surface area contributed by atoms with Crippen molar-refractivity contribution in [2.24, 2.45) is 0 Å². The molecule has 1 spiro atoms. The van der Waals surface area contributed by atoms with E-state index in [1.54, 1.807) is 5.23 Å². The lowest BCUT2D eigenvalue weighted by molar-refractivity contribution is -0.335. The summed E-state index contributed by atoms with van der Waals surface area (Å²) in [6.07, 6.45) is 1.69. The largest absolute Gasteiger partial charge is 0.248 e. The molecule has 2 saturated heterocycles. The van der Waals surface area contributed by atoms with Gasteiger partial charge >= 0.3 is 0 Å². The van der Waals surface area contributed by atoms with E-state index in [-0.39, 0.29) is 0 Å². The minimum Gasteiger partial charge on any atom is -0.248 e. The lowest BCUT2D eigenvalue weighted by Crippen LogP contribution is -2.45. The summed E-state index contributed by atoms with van der Waals surface area (Å²) >= 11 is 2.01. The molecule has 2 aliphatic rings. The van der Waals surface area contributed by atoms with Gasteiger partial charge in [-0.05, 0) is 21.9 Å². The van der Waals surface area contributed by atoms with Crippen molar-refractivity contribution >= 4 is 11.8 Å². The zero-order valence-electron chi connectivity index (χ0n) is 16.1. The maximum Gasteiger partial charge on any atom is 0.169 e. The lowest BCUT2D eigenvalue weighted by atomic mass is 9.94. The van der Waals surface area contributed by atoms with E-state index in [0.29, 0.717) is 17.0 Å². The van der Waals surface area contributed by atoms with Gasteiger partial charge in [0, 0.05) is 23.3 Å². The quantitative estimate of drug-likeness (QED) is 0.614. The molecule has 0 radical (unpaired) electrons. The van der Waals surface area contributed by atoms with Crippen LogP contribution in [-0.2, 0) is 16.3 Å². The number of rotatable bonds is 4. The normalized spacial score (nSPS) is 27.3. The molecule has 148 valence electrons. The van der Waals surface area contributed by atoms with E-state index >= 15 is 0 Å². The first-order chi connectivity index (χ1) is 14.3. The van der Waals surface area contributed by atoms with Crippen molar-refractivity contribution in [3.63, 3.8) is 0 Å². The molecule has 2 heterocycles. The fraction of sp³-hybridized carbons (Fsp3) is 0.250. The molecular formula is C24H24N2O2S. The van der Waals surface area contributed by atoms with Crippen LogP contribution in [0.4, 0.5) is 0 Å². The van der Waals surface area contributed by atoms with Crippen molar-refractivity contribution in [3.05, 3.63) is 108 Å². The lowest BCUT2D eigenvalue weighted by Gasteiger charge is -2.39. The summed E-state index contributed by atoms with van der Waals surface area (Å²) < 4.78 is 0. The van der Waals surface area contributed by atoms with Crippen LogP contribution in [0.1, 0.15) is 40.0 Å². The van der Waals surface area contributed by atoms with Gasteiger partial charge in [-0.25, -0.2) is 4.84 Å². The molecule has 29 heavy (non-hydrogen) atoms. The Hall–Kier alpha value is -2.15. The molecule has 0 aliphatic carbocycles. The molecule has 2 aliphatic heterocycles. The Morgan fingerprint density at radius 1 is 0.793 bits per heavy atom. The highest BCUT2D eigenvalue weighted by molar-refractivity contribution is 7.99. The number of nitrogens with zero attached hydrogens (tertiary/aromatic N) is 1. The van der Waals surface area contributed by atoms with E-state index in [4.69, 9.17) is 9.78 Å². The molecule has 0 amide bonds. The number of benzene rings is 3.